The fraction of sp³-hybridized carbons (Fsp3) is 0.462. The molecule has 1 saturated heterocycles. The van der Waals surface area contributed by atoms with E-state index in [9.17, 15) is 18.0 Å². The summed E-state index contributed by atoms with van der Waals surface area (Å²) in [5.41, 5.74) is 0.0879. The second-order valence-corrected chi connectivity index (χ2v) is 4.54. The van der Waals surface area contributed by atoms with Gasteiger partial charge in [-0.25, -0.2) is 0 Å². The van der Waals surface area contributed by atoms with Gasteiger partial charge in [-0.3, -0.25) is 4.79 Å². The summed E-state index contributed by atoms with van der Waals surface area (Å²) in [5.74, 6) is -1.40. The first kappa shape index (κ1) is 14.6. The summed E-state index contributed by atoms with van der Waals surface area (Å²) < 4.78 is 41.9. The number of piperidine rings is 1. The molecule has 0 saturated carbocycles. The molecule has 20 heavy (non-hydrogen) atoms. The summed E-state index contributed by atoms with van der Waals surface area (Å²) in [6.45, 7) is 1.79. The monoisotopic (exact) mass is 288 g/mol. The Morgan fingerprint density at radius 2 is 1.80 bits per heavy atom. The summed E-state index contributed by atoms with van der Waals surface area (Å²) in [4.78, 5) is 10.8. The topological polar surface area (TPSA) is 50.4 Å². The average Bonchev–Trinajstić information content (AvgIpc) is 2.41. The van der Waals surface area contributed by atoms with E-state index in [1.54, 1.807) is 17.4 Å². The standard InChI is InChI=1S/C13H15F3N2O2/c14-13(15,16)12(19)18-9-1-3-10(4-2-9)20-11-5-7-17-8-6-11/h1-4,11,17H,5-8H2,(H,18,19). The van der Waals surface area contributed by atoms with Crippen LogP contribution in [0.5, 0.6) is 5.75 Å². The number of rotatable bonds is 3. The van der Waals surface area contributed by atoms with Crippen LogP contribution in [0.3, 0.4) is 0 Å². The Kier molecular flexibility index (Phi) is 4.49. The molecule has 1 aliphatic rings. The Hall–Kier alpha value is -1.76. The highest BCUT2D eigenvalue weighted by Gasteiger charge is 2.38. The van der Waals surface area contributed by atoms with Gasteiger partial charge < -0.3 is 15.4 Å². The lowest BCUT2D eigenvalue weighted by molar-refractivity contribution is -0.167. The summed E-state index contributed by atoms with van der Waals surface area (Å²) in [6, 6.07) is 5.88. The zero-order chi connectivity index (χ0) is 14.6. The minimum Gasteiger partial charge on any atom is -0.490 e. The Labute approximate surface area is 114 Å². The fourth-order valence-corrected chi connectivity index (χ4v) is 1.92. The fourth-order valence-electron chi connectivity index (χ4n) is 1.92. The van der Waals surface area contributed by atoms with Gasteiger partial charge >= 0.3 is 12.1 Å². The minimum atomic E-state index is -4.88. The maximum absolute atomic E-state index is 12.1. The first-order valence-electron chi connectivity index (χ1n) is 6.31. The molecule has 0 atom stereocenters. The number of ether oxygens (including phenoxy) is 1. The van der Waals surface area contributed by atoms with Gasteiger partial charge in [-0.15, -0.1) is 0 Å². The normalized spacial score (nSPS) is 16.8. The highest BCUT2D eigenvalue weighted by Crippen LogP contribution is 2.22. The Morgan fingerprint density at radius 1 is 1.20 bits per heavy atom. The van der Waals surface area contributed by atoms with E-state index in [1.807, 2.05) is 0 Å². The predicted molar refractivity (Wildman–Crippen MR) is 67.6 cm³/mol. The molecule has 0 spiro atoms. The first-order valence-corrected chi connectivity index (χ1v) is 6.31. The van der Waals surface area contributed by atoms with Crippen LogP contribution >= 0.6 is 0 Å². The molecular weight excluding hydrogens is 273 g/mol. The van der Waals surface area contributed by atoms with Gasteiger partial charge in [-0.1, -0.05) is 0 Å². The third-order valence-corrected chi connectivity index (χ3v) is 2.96. The van der Waals surface area contributed by atoms with Crippen LogP contribution in [-0.2, 0) is 4.79 Å². The molecule has 0 bridgehead atoms. The highest BCUT2D eigenvalue weighted by atomic mass is 19.4. The van der Waals surface area contributed by atoms with Gasteiger partial charge in [0.1, 0.15) is 11.9 Å². The molecule has 4 nitrogen and oxygen atoms in total. The molecule has 1 aromatic carbocycles. The van der Waals surface area contributed by atoms with Crippen molar-refractivity contribution in [3.05, 3.63) is 24.3 Å². The van der Waals surface area contributed by atoms with Crippen molar-refractivity contribution in [3.63, 3.8) is 0 Å². The molecule has 0 unspecified atom stereocenters. The number of halogens is 3. The van der Waals surface area contributed by atoms with Crippen molar-refractivity contribution in [2.24, 2.45) is 0 Å². The molecule has 0 aliphatic carbocycles. The van der Waals surface area contributed by atoms with Crippen LogP contribution in [0, 0.1) is 0 Å². The number of benzene rings is 1. The van der Waals surface area contributed by atoms with Crippen LogP contribution in [0.25, 0.3) is 0 Å². The SMILES string of the molecule is O=C(Nc1ccc(OC2CCNCC2)cc1)C(F)(F)F. The second kappa shape index (κ2) is 6.13. The Morgan fingerprint density at radius 3 is 2.35 bits per heavy atom. The number of carbonyl (C=O) groups is 1. The quantitative estimate of drug-likeness (QED) is 0.897. The number of amides is 1. The zero-order valence-corrected chi connectivity index (χ0v) is 10.7. The molecule has 1 heterocycles. The molecule has 7 heteroatoms. The van der Waals surface area contributed by atoms with Crippen LogP contribution < -0.4 is 15.4 Å². The van der Waals surface area contributed by atoms with E-state index in [0.29, 0.717) is 5.75 Å². The van der Waals surface area contributed by atoms with Crippen molar-refractivity contribution in [2.75, 3.05) is 18.4 Å². The lowest BCUT2D eigenvalue weighted by Crippen LogP contribution is -2.34. The van der Waals surface area contributed by atoms with E-state index < -0.39 is 12.1 Å². The number of anilines is 1. The van der Waals surface area contributed by atoms with Crippen molar-refractivity contribution in [1.82, 2.24) is 5.32 Å². The van der Waals surface area contributed by atoms with Crippen molar-refractivity contribution in [1.29, 1.82) is 0 Å². The van der Waals surface area contributed by atoms with Crippen molar-refractivity contribution < 1.29 is 22.7 Å². The summed E-state index contributed by atoms with van der Waals surface area (Å²) in [6.07, 6.45) is -2.98. The van der Waals surface area contributed by atoms with Crippen LogP contribution in [0.2, 0.25) is 0 Å². The van der Waals surface area contributed by atoms with E-state index >= 15 is 0 Å². The minimum absolute atomic E-state index is 0.0879. The largest absolute Gasteiger partial charge is 0.490 e. The number of hydrogen-bond donors (Lipinski definition) is 2. The number of hydrogen-bond acceptors (Lipinski definition) is 3. The van der Waals surface area contributed by atoms with Crippen LogP contribution in [0.1, 0.15) is 12.8 Å². The third kappa shape index (κ3) is 4.12. The van der Waals surface area contributed by atoms with Crippen molar-refractivity contribution in [3.8, 4) is 5.75 Å². The van der Waals surface area contributed by atoms with Crippen LogP contribution in [0.4, 0.5) is 18.9 Å². The predicted octanol–water partition coefficient (Wildman–Crippen LogP) is 2.32. The van der Waals surface area contributed by atoms with Gasteiger partial charge in [0.25, 0.3) is 0 Å². The second-order valence-electron chi connectivity index (χ2n) is 4.54. The van der Waals surface area contributed by atoms with Crippen LogP contribution in [0.15, 0.2) is 24.3 Å². The highest BCUT2D eigenvalue weighted by molar-refractivity contribution is 5.94. The van der Waals surface area contributed by atoms with E-state index in [2.05, 4.69) is 5.32 Å². The first-order chi connectivity index (χ1) is 9.45. The van der Waals surface area contributed by atoms with E-state index in [-0.39, 0.29) is 11.8 Å². The molecule has 1 aliphatic heterocycles. The average molecular weight is 288 g/mol. The summed E-state index contributed by atoms with van der Waals surface area (Å²) in [7, 11) is 0. The van der Waals surface area contributed by atoms with Gasteiger partial charge in [0.15, 0.2) is 0 Å². The third-order valence-electron chi connectivity index (χ3n) is 2.96. The summed E-state index contributed by atoms with van der Waals surface area (Å²) >= 11 is 0. The van der Waals surface area contributed by atoms with Crippen molar-refractivity contribution >= 4 is 11.6 Å². The molecule has 0 aromatic heterocycles. The van der Waals surface area contributed by atoms with E-state index in [0.717, 1.165) is 25.9 Å². The Balaban J connectivity index is 1.91. The maximum atomic E-state index is 12.1. The molecule has 110 valence electrons. The Bertz CT molecular complexity index is 454. The van der Waals surface area contributed by atoms with Gasteiger partial charge in [-0.2, -0.15) is 13.2 Å². The smallest absolute Gasteiger partial charge is 0.471 e. The molecule has 2 N–H and O–H groups in total. The lowest BCUT2D eigenvalue weighted by atomic mass is 10.1. The molecule has 2 rings (SSSR count). The van der Waals surface area contributed by atoms with E-state index in [4.69, 9.17) is 4.74 Å². The number of alkyl halides is 3. The van der Waals surface area contributed by atoms with Crippen molar-refractivity contribution in [2.45, 2.75) is 25.1 Å². The zero-order valence-electron chi connectivity index (χ0n) is 10.7. The van der Waals surface area contributed by atoms with Gasteiger partial charge in [0, 0.05) is 5.69 Å². The number of carbonyl (C=O) groups excluding carboxylic acids is 1. The lowest BCUT2D eigenvalue weighted by Gasteiger charge is -2.23. The van der Waals surface area contributed by atoms with Gasteiger partial charge in [-0.05, 0) is 50.2 Å². The van der Waals surface area contributed by atoms with E-state index in [1.165, 1.54) is 12.1 Å². The van der Waals surface area contributed by atoms with Crippen LogP contribution in [-0.4, -0.2) is 31.3 Å². The summed E-state index contributed by atoms with van der Waals surface area (Å²) in [5, 5.41) is 4.99. The molecule has 1 amide bonds. The molecule has 1 aromatic rings. The molecular formula is C13H15F3N2O2. The molecule has 1 fully saturated rings. The van der Waals surface area contributed by atoms with Gasteiger partial charge in [0.05, 0.1) is 0 Å². The maximum Gasteiger partial charge on any atom is 0.471 e. The molecule has 0 radical (unpaired) electrons. The van der Waals surface area contributed by atoms with Gasteiger partial charge in [0.2, 0.25) is 0 Å². The number of nitrogens with one attached hydrogen (secondary N) is 2.